The number of carboxylic acid groups (broad SMARTS) is 1. The molecule has 56 heavy (non-hydrogen) atoms. The number of esters is 1. The molecule has 1 N–H and O–H groups in total. The van der Waals surface area contributed by atoms with Crippen LogP contribution in [-0.4, -0.2) is 43.2 Å². The Hall–Kier alpha value is -4.02. The maximum absolute atomic E-state index is 12.6. The third kappa shape index (κ3) is 8.19. The maximum atomic E-state index is 12.6. The van der Waals surface area contributed by atoms with Gasteiger partial charge in [0, 0.05) is 42.3 Å². The topological polar surface area (TPSA) is 99.2 Å². The number of hydrogen-bond donors (Lipinski definition) is 1. The molecule has 0 saturated carbocycles. The Bertz CT molecular complexity index is 2430. The van der Waals surface area contributed by atoms with Gasteiger partial charge >= 0.3 is 11.9 Å². The van der Waals surface area contributed by atoms with Crippen molar-refractivity contribution in [3.8, 4) is 33.9 Å². The smallest absolute Gasteiger partial charge is 0.315 e. The molecule has 6 aromatic rings. The van der Waals surface area contributed by atoms with Crippen molar-refractivity contribution in [3.05, 3.63) is 138 Å². The Morgan fingerprint density at radius 1 is 0.643 bits per heavy atom. The van der Waals surface area contributed by atoms with Crippen LogP contribution in [0.4, 0.5) is 0 Å². The number of carbonyl (C=O) groups excluding carboxylic acids is 1. The van der Waals surface area contributed by atoms with E-state index in [0.29, 0.717) is 60.2 Å². The highest BCUT2D eigenvalue weighted by molar-refractivity contribution is 6.36. The van der Waals surface area contributed by atoms with E-state index in [1.807, 2.05) is 66.2 Å². The lowest BCUT2D eigenvalue weighted by Crippen LogP contribution is -2.21. The Morgan fingerprint density at radius 3 is 1.46 bits per heavy atom. The predicted molar refractivity (Wildman–Crippen MR) is 224 cm³/mol. The number of fused-ring (bicyclic) bond motifs is 2. The highest BCUT2D eigenvalue weighted by Crippen LogP contribution is 2.42. The fraction of sp³-hybridized carbons (Fsp3) is 0.238. The molecule has 0 aliphatic heterocycles. The van der Waals surface area contributed by atoms with Crippen LogP contribution in [0.1, 0.15) is 67.0 Å². The minimum Gasteiger partial charge on any atom is -0.481 e. The van der Waals surface area contributed by atoms with Crippen molar-refractivity contribution in [2.75, 3.05) is 6.61 Å². The van der Waals surface area contributed by atoms with E-state index >= 15 is 0 Å². The van der Waals surface area contributed by atoms with Gasteiger partial charge in [0.1, 0.15) is 11.8 Å². The van der Waals surface area contributed by atoms with Crippen molar-refractivity contribution in [1.29, 1.82) is 0 Å². The van der Waals surface area contributed by atoms with Gasteiger partial charge in [0.05, 0.1) is 50.8 Å². The summed E-state index contributed by atoms with van der Waals surface area (Å²) >= 11 is 37.2. The molecule has 2 heterocycles. The second-order valence-electron chi connectivity index (χ2n) is 13.4. The van der Waals surface area contributed by atoms with Crippen molar-refractivity contribution < 1.29 is 19.4 Å². The van der Waals surface area contributed by atoms with Crippen molar-refractivity contribution in [2.45, 2.75) is 57.3 Å². The summed E-state index contributed by atoms with van der Waals surface area (Å²) in [6, 6.07) is 25.5. The number of ether oxygens (including phenoxy) is 1. The van der Waals surface area contributed by atoms with Gasteiger partial charge in [-0.15, -0.1) is 0 Å². The van der Waals surface area contributed by atoms with Gasteiger partial charge in [0.2, 0.25) is 0 Å². The summed E-state index contributed by atoms with van der Waals surface area (Å²) in [6.45, 7) is 2.16. The van der Waals surface area contributed by atoms with Crippen molar-refractivity contribution in [1.82, 2.24) is 19.6 Å². The highest BCUT2D eigenvalue weighted by atomic mass is 35.5. The molecule has 2 aliphatic rings. The zero-order valence-electron chi connectivity index (χ0n) is 29.9. The summed E-state index contributed by atoms with van der Waals surface area (Å²) in [5.74, 6) is -2.09. The second-order valence-corrected chi connectivity index (χ2v) is 16.0. The molecule has 288 valence electrons. The number of nitrogens with zero attached hydrogens (tertiary/aromatic N) is 4. The van der Waals surface area contributed by atoms with Crippen LogP contribution in [0.5, 0.6) is 0 Å². The van der Waals surface area contributed by atoms with Crippen LogP contribution in [0.2, 0.25) is 30.1 Å². The number of carboxylic acids is 1. The fourth-order valence-electron chi connectivity index (χ4n) is 7.40. The van der Waals surface area contributed by atoms with Gasteiger partial charge in [-0.3, -0.25) is 9.59 Å². The van der Waals surface area contributed by atoms with Crippen molar-refractivity contribution >= 4 is 81.5 Å². The summed E-state index contributed by atoms with van der Waals surface area (Å²) in [5.41, 5.74) is 8.33. The first-order chi connectivity index (χ1) is 26.9. The molecule has 2 unspecified atom stereocenters. The van der Waals surface area contributed by atoms with E-state index in [2.05, 4.69) is 5.10 Å². The van der Waals surface area contributed by atoms with Gasteiger partial charge in [-0.2, -0.15) is 10.2 Å². The fourth-order valence-corrected chi connectivity index (χ4v) is 8.63. The molecule has 0 spiro atoms. The standard InChI is InChI=1S/C22H19Cl3N2O2.C20H15Cl3N2O2/c1-2-29-22(28)17-5-3-4-16-20(17)26-27(19-11-10-15(24)12-18(19)25)21(16)13-6-8-14(23)9-7-13;21-12-6-4-11(5-7-12)19-14-2-1-3-15(20(26)27)18(14)24-25(19)17-9-8-13(22)10-16(17)23/h6-12,17H,2-5H2,1H3;4-10,15H,1-3H2,(H,26,27). The minimum absolute atomic E-state index is 0.233. The van der Waals surface area contributed by atoms with Crippen LogP contribution in [0, 0.1) is 0 Å². The molecule has 2 aromatic heterocycles. The largest absolute Gasteiger partial charge is 0.481 e. The van der Waals surface area contributed by atoms with Gasteiger partial charge < -0.3 is 9.84 Å². The molecule has 2 atom stereocenters. The first-order valence-electron chi connectivity index (χ1n) is 18.0. The zero-order valence-corrected chi connectivity index (χ0v) is 34.5. The number of hydrogen-bond acceptors (Lipinski definition) is 5. The molecular formula is C42H34Cl6N4O4. The highest BCUT2D eigenvalue weighted by Gasteiger charge is 2.35. The number of aliphatic carboxylic acids is 1. The Balaban J connectivity index is 0.000000172. The van der Waals surface area contributed by atoms with E-state index in [-0.39, 0.29) is 11.9 Å². The summed E-state index contributed by atoms with van der Waals surface area (Å²) in [7, 11) is 0. The molecule has 0 saturated heterocycles. The van der Waals surface area contributed by atoms with E-state index < -0.39 is 11.9 Å². The summed E-state index contributed by atoms with van der Waals surface area (Å²) in [4.78, 5) is 24.3. The van der Waals surface area contributed by atoms with E-state index in [1.165, 1.54) is 0 Å². The monoisotopic (exact) mass is 868 g/mol. The van der Waals surface area contributed by atoms with Crippen molar-refractivity contribution in [3.63, 3.8) is 0 Å². The zero-order chi connectivity index (χ0) is 39.7. The molecule has 8 nitrogen and oxygen atoms in total. The molecule has 0 amide bonds. The summed E-state index contributed by atoms with van der Waals surface area (Å²) < 4.78 is 8.84. The van der Waals surface area contributed by atoms with E-state index in [9.17, 15) is 14.7 Å². The van der Waals surface area contributed by atoms with Gasteiger partial charge in [0.15, 0.2) is 0 Å². The van der Waals surface area contributed by atoms with Crippen LogP contribution in [-0.2, 0) is 27.2 Å². The van der Waals surface area contributed by atoms with Crippen molar-refractivity contribution in [2.24, 2.45) is 0 Å². The quantitative estimate of drug-likeness (QED) is 0.160. The normalized spacial score (nSPS) is 16.0. The third-order valence-electron chi connectivity index (χ3n) is 9.91. The lowest BCUT2D eigenvalue weighted by molar-refractivity contribution is -0.145. The molecule has 0 radical (unpaired) electrons. The SMILES string of the molecule is CCOC(=O)C1CCCc2c1nn(-c1ccc(Cl)cc1Cl)c2-c1ccc(Cl)cc1.O=C(O)C1CCCc2c1nn(-c1ccc(Cl)cc1Cl)c2-c1ccc(Cl)cc1. The lowest BCUT2D eigenvalue weighted by atomic mass is 9.85. The Kier molecular flexibility index (Phi) is 12.4. The molecule has 2 aliphatic carbocycles. The number of aromatic nitrogens is 4. The van der Waals surface area contributed by atoms with Gasteiger partial charge in [0.25, 0.3) is 0 Å². The third-order valence-corrected chi connectivity index (χ3v) is 11.5. The van der Waals surface area contributed by atoms with Crippen LogP contribution in [0.15, 0.2) is 84.9 Å². The van der Waals surface area contributed by atoms with E-state index in [4.69, 9.17) is 79.4 Å². The lowest BCUT2D eigenvalue weighted by Gasteiger charge is -2.20. The predicted octanol–water partition coefficient (Wildman–Crippen LogP) is 12.5. The Labute approximate surface area is 353 Å². The average Bonchev–Trinajstić information content (AvgIpc) is 3.75. The average molecular weight is 871 g/mol. The van der Waals surface area contributed by atoms with E-state index in [0.717, 1.165) is 71.4 Å². The van der Waals surface area contributed by atoms with Crippen LogP contribution < -0.4 is 0 Å². The molecule has 14 heteroatoms. The van der Waals surface area contributed by atoms with Crippen LogP contribution >= 0.6 is 69.6 Å². The first kappa shape index (κ1) is 40.2. The molecule has 0 fully saturated rings. The van der Waals surface area contributed by atoms with Gasteiger partial charge in [-0.25, -0.2) is 9.36 Å². The molecule has 8 rings (SSSR count). The maximum Gasteiger partial charge on any atom is 0.315 e. The molecule has 0 bridgehead atoms. The van der Waals surface area contributed by atoms with Crippen LogP contribution in [0.3, 0.4) is 0 Å². The van der Waals surface area contributed by atoms with Gasteiger partial charge in [-0.1, -0.05) is 93.9 Å². The number of carbonyl (C=O) groups is 2. The number of halogens is 6. The molecular weight excluding hydrogens is 837 g/mol. The second kappa shape index (κ2) is 17.2. The first-order valence-corrected chi connectivity index (χ1v) is 20.3. The summed E-state index contributed by atoms with van der Waals surface area (Å²) in [6.07, 6.45) is 4.57. The Morgan fingerprint density at radius 2 is 1.05 bits per heavy atom. The minimum atomic E-state index is -0.856. The molecule has 4 aromatic carbocycles. The van der Waals surface area contributed by atoms with Gasteiger partial charge in [-0.05, 0) is 106 Å². The summed E-state index contributed by atoms with van der Waals surface area (Å²) in [5, 5.41) is 22.5. The number of benzene rings is 4. The van der Waals surface area contributed by atoms with Crippen LogP contribution in [0.25, 0.3) is 33.9 Å². The number of rotatable bonds is 7. The van der Waals surface area contributed by atoms with E-state index in [1.54, 1.807) is 35.0 Å².